The SMILES string of the molecule is COc1c(Cl)cc(Cl)cc1C(=O)Nc1ccc(N2CCC(C)CC2)cc1. The van der Waals surface area contributed by atoms with Crippen LogP contribution in [0.1, 0.15) is 30.1 Å². The van der Waals surface area contributed by atoms with Crippen molar-refractivity contribution in [2.75, 3.05) is 30.4 Å². The van der Waals surface area contributed by atoms with Gasteiger partial charge >= 0.3 is 0 Å². The number of nitrogens with zero attached hydrogens (tertiary/aromatic N) is 1. The van der Waals surface area contributed by atoms with Gasteiger partial charge in [-0.3, -0.25) is 4.79 Å². The van der Waals surface area contributed by atoms with E-state index in [0.717, 1.165) is 19.0 Å². The number of ether oxygens (including phenoxy) is 1. The summed E-state index contributed by atoms with van der Waals surface area (Å²) in [6, 6.07) is 11.0. The third kappa shape index (κ3) is 4.25. The number of carbonyl (C=O) groups excluding carboxylic acids is 1. The molecule has 1 N–H and O–H groups in total. The first-order valence-corrected chi connectivity index (χ1v) is 9.43. The van der Waals surface area contributed by atoms with Crippen LogP contribution >= 0.6 is 23.2 Å². The number of benzene rings is 2. The van der Waals surface area contributed by atoms with E-state index >= 15 is 0 Å². The zero-order valence-electron chi connectivity index (χ0n) is 14.9. The highest BCUT2D eigenvalue weighted by Crippen LogP contribution is 2.33. The van der Waals surface area contributed by atoms with E-state index in [1.165, 1.54) is 25.6 Å². The highest BCUT2D eigenvalue weighted by Gasteiger charge is 2.18. The minimum Gasteiger partial charge on any atom is -0.494 e. The van der Waals surface area contributed by atoms with E-state index in [4.69, 9.17) is 27.9 Å². The molecule has 1 heterocycles. The van der Waals surface area contributed by atoms with Gasteiger partial charge in [-0.2, -0.15) is 0 Å². The van der Waals surface area contributed by atoms with Crippen molar-refractivity contribution in [3.63, 3.8) is 0 Å². The lowest BCUT2D eigenvalue weighted by Gasteiger charge is -2.32. The maximum Gasteiger partial charge on any atom is 0.259 e. The second kappa shape index (κ2) is 8.19. The molecule has 2 aromatic rings. The Morgan fingerprint density at radius 3 is 2.42 bits per heavy atom. The molecule has 26 heavy (non-hydrogen) atoms. The zero-order valence-corrected chi connectivity index (χ0v) is 16.4. The van der Waals surface area contributed by atoms with Crippen molar-refractivity contribution >= 4 is 40.5 Å². The van der Waals surface area contributed by atoms with Crippen LogP contribution in [0.3, 0.4) is 0 Å². The highest BCUT2D eigenvalue weighted by molar-refractivity contribution is 6.36. The number of amides is 1. The zero-order chi connectivity index (χ0) is 18.7. The van der Waals surface area contributed by atoms with Crippen LogP contribution in [-0.4, -0.2) is 26.1 Å². The van der Waals surface area contributed by atoms with Crippen molar-refractivity contribution < 1.29 is 9.53 Å². The molecule has 0 radical (unpaired) electrons. The molecular formula is C20H22Cl2N2O2. The number of piperidine rings is 1. The van der Waals surface area contributed by atoms with Crippen LogP contribution in [0.2, 0.25) is 10.0 Å². The summed E-state index contributed by atoms with van der Waals surface area (Å²) in [4.78, 5) is 15.0. The van der Waals surface area contributed by atoms with Crippen LogP contribution < -0.4 is 15.0 Å². The Kier molecular flexibility index (Phi) is 5.94. The standard InChI is InChI=1S/C20H22Cl2N2O2/c1-13-7-9-24(10-8-13)16-5-3-15(4-6-16)23-20(25)17-11-14(21)12-18(22)19(17)26-2/h3-6,11-13H,7-10H2,1-2H3,(H,23,25). The van der Waals surface area contributed by atoms with E-state index < -0.39 is 0 Å². The van der Waals surface area contributed by atoms with Crippen molar-refractivity contribution in [1.82, 2.24) is 0 Å². The van der Waals surface area contributed by atoms with Gasteiger partial charge in [0.2, 0.25) is 0 Å². The molecule has 1 amide bonds. The quantitative estimate of drug-likeness (QED) is 0.747. The van der Waals surface area contributed by atoms with E-state index in [1.54, 1.807) is 12.1 Å². The van der Waals surface area contributed by atoms with E-state index in [1.807, 2.05) is 24.3 Å². The normalized spacial score (nSPS) is 15.0. The number of anilines is 2. The monoisotopic (exact) mass is 392 g/mol. The predicted octanol–water partition coefficient (Wildman–Crippen LogP) is 5.49. The number of hydrogen-bond acceptors (Lipinski definition) is 3. The average molecular weight is 393 g/mol. The van der Waals surface area contributed by atoms with Crippen molar-refractivity contribution in [3.05, 3.63) is 52.0 Å². The third-order valence-electron chi connectivity index (χ3n) is 4.73. The molecule has 6 heteroatoms. The highest BCUT2D eigenvalue weighted by atomic mass is 35.5. The molecule has 138 valence electrons. The second-order valence-electron chi connectivity index (χ2n) is 6.64. The average Bonchev–Trinajstić information content (AvgIpc) is 2.62. The Labute approximate surface area is 164 Å². The molecule has 0 aliphatic carbocycles. The summed E-state index contributed by atoms with van der Waals surface area (Å²) in [6.07, 6.45) is 2.43. The van der Waals surface area contributed by atoms with Gasteiger partial charge in [-0.1, -0.05) is 30.1 Å². The first-order chi connectivity index (χ1) is 12.5. The first kappa shape index (κ1) is 18.9. The van der Waals surface area contributed by atoms with Crippen molar-refractivity contribution in [1.29, 1.82) is 0 Å². The lowest BCUT2D eigenvalue weighted by molar-refractivity contribution is 0.102. The first-order valence-electron chi connectivity index (χ1n) is 8.67. The predicted molar refractivity (Wildman–Crippen MR) is 108 cm³/mol. The number of rotatable bonds is 4. The van der Waals surface area contributed by atoms with Gasteiger partial charge in [-0.05, 0) is 55.2 Å². The Hall–Kier alpha value is -1.91. The van der Waals surface area contributed by atoms with Gasteiger partial charge in [0.05, 0.1) is 17.7 Å². The molecule has 0 spiro atoms. The summed E-state index contributed by atoms with van der Waals surface area (Å²) >= 11 is 12.1. The maximum atomic E-state index is 12.6. The minimum absolute atomic E-state index is 0.305. The van der Waals surface area contributed by atoms with Crippen LogP contribution in [0.15, 0.2) is 36.4 Å². The Morgan fingerprint density at radius 2 is 1.81 bits per heavy atom. The Bertz CT molecular complexity index is 785. The Morgan fingerprint density at radius 1 is 1.15 bits per heavy atom. The lowest BCUT2D eigenvalue weighted by Crippen LogP contribution is -2.32. The summed E-state index contributed by atoms with van der Waals surface area (Å²) in [6.45, 7) is 4.45. The van der Waals surface area contributed by atoms with Gasteiger partial charge in [-0.15, -0.1) is 0 Å². The molecule has 3 rings (SSSR count). The summed E-state index contributed by atoms with van der Waals surface area (Å²) in [5.74, 6) is 0.794. The van der Waals surface area contributed by atoms with Gasteiger partial charge in [-0.25, -0.2) is 0 Å². The third-order valence-corrected chi connectivity index (χ3v) is 5.23. The van der Waals surface area contributed by atoms with Gasteiger partial charge in [0.25, 0.3) is 5.91 Å². The molecule has 1 aliphatic heterocycles. The fourth-order valence-corrected chi connectivity index (χ4v) is 3.73. The summed E-state index contributed by atoms with van der Waals surface area (Å²) in [5.41, 5.74) is 2.19. The van der Waals surface area contributed by atoms with Gasteiger partial charge in [0.1, 0.15) is 5.75 Å². The molecule has 4 nitrogen and oxygen atoms in total. The topological polar surface area (TPSA) is 41.6 Å². The van der Waals surface area contributed by atoms with Crippen molar-refractivity contribution in [2.45, 2.75) is 19.8 Å². The number of carbonyl (C=O) groups is 1. The van der Waals surface area contributed by atoms with E-state index in [0.29, 0.717) is 27.0 Å². The number of halogens is 2. The molecule has 1 saturated heterocycles. The molecule has 0 bridgehead atoms. The molecule has 0 unspecified atom stereocenters. The van der Waals surface area contributed by atoms with E-state index in [9.17, 15) is 4.79 Å². The van der Waals surface area contributed by atoms with Crippen LogP contribution in [0.25, 0.3) is 0 Å². The molecule has 0 atom stereocenters. The van der Waals surface area contributed by atoms with E-state index in [-0.39, 0.29) is 5.91 Å². The van der Waals surface area contributed by atoms with Crippen LogP contribution in [0.4, 0.5) is 11.4 Å². The Balaban J connectivity index is 1.72. The molecule has 1 fully saturated rings. The molecule has 0 saturated carbocycles. The maximum absolute atomic E-state index is 12.6. The molecule has 0 aromatic heterocycles. The number of methoxy groups -OCH3 is 1. The number of hydrogen-bond donors (Lipinski definition) is 1. The van der Waals surface area contributed by atoms with Gasteiger partial charge in [0, 0.05) is 29.5 Å². The number of nitrogens with one attached hydrogen (secondary N) is 1. The molecule has 2 aromatic carbocycles. The largest absolute Gasteiger partial charge is 0.494 e. The fourth-order valence-electron chi connectivity index (χ4n) is 3.16. The van der Waals surface area contributed by atoms with Gasteiger partial charge in [0.15, 0.2) is 0 Å². The van der Waals surface area contributed by atoms with Crippen molar-refractivity contribution in [3.8, 4) is 5.75 Å². The van der Waals surface area contributed by atoms with Gasteiger partial charge < -0.3 is 15.0 Å². The molecule has 1 aliphatic rings. The fraction of sp³-hybridized carbons (Fsp3) is 0.350. The van der Waals surface area contributed by atoms with E-state index in [2.05, 4.69) is 17.1 Å². The smallest absolute Gasteiger partial charge is 0.259 e. The van der Waals surface area contributed by atoms with Crippen LogP contribution in [-0.2, 0) is 0 Å². The molecular weight excluding hydrogens is 371 g/mol. The van der Waals surface area contributed by atoms with Crippen molar-refractivity contribution in [2.24, 2.45) is 5.92 Å². The minimum atomic E-state index is -0.314. The summed E-state index contributed by atoms with van der Waals surface area (Å²) in [5, 5.41) is 3.56. The van der Waals surface area contributed by atoms with Crippen LogP contribution in [0.5, 0.6) is 5.75 Å². The lowest BCUT2D eigenvalue weighted by atomic mass is 9.99. The summed E-state index contributed by atoms with van der Waals surface area (Å²) in [7, 11) is 1.47. The van der Waals surface area contributed by atoms with Crippen LogP contribution in [0, 0.1) is 5.92 Å². The second-order valence-corrected chi connectivity index (χ2v) is 7.48. The summed E-state index contributed by atoms with van der Waals surface area (Å²) < 4.78 is 5.24.